The summed E-state index contributed by atoms with van der Waals surface area (Å²) in [5, 5.41) is 3.88. The van der Waals surface area contributed by atoms with Gasteiger partial charge in [-0.15, -0.1) is 0 Å². The first-order valence-corrected chi connectivity index (χ1v) is 9.68. The molecule has 0 aliphatic carbocycles. The zero-order chi connectivity index (χ0) is 18.8. The number of carbonyl (C=O) groups is 1. The zero-order valence-corrected chi connectivity index (χ0v) is 16.0. The molecule has 2 heterocycles. The minimum absolute atomic E-state index is 0.126. The molecule has 0 bridgehead atoms. The zero-order valence-electron chi connectivity index (χ0n) is 15.2. The predicted octanol–water partition coefficient (Wildman–Crippen LogP) is 5.48. The number of nitrogens with one attached hydrogen (secondary N) is 1. The molecule has 1 N–H and O–H groups in total. The van der Waals surface area contributed by atoms with Gasteiger partial charge in [-0.05, 0) is 49.2 Å². The number of carbonyl (C=O) groups excluding carboxylic acids is 1. The van der Waals surface area contributed by atoms with Crippen LogP contribution in [-0.2, 0) is 6.42 Å². The Morgan fingerprint density at radius 2 is 1.96 bits per heavy atom. The van der Waals surface area contributed by atoms with Crippen molar-refractivity contribution in [1.82, 2.24) is 9.97 Å². The van der Waals surface area contributed by atoms with Gasteiger partial charge in [-0.2, -0.15) is 0 Å². The Hall–Kier alpha value is -3.05. The first-order chi connectivity index (χ1) is 13.1. The average molecular weight is 373 g/mol. The number of hydrogen-bond donors (Lipinski definition) is 1. The minimum atomic E-state index is -0.126. The highest BCUT2D eigenvalue weighted by Crippen LogP contribution is 2.34. The number of rotatable bonds is 4. The van der Waals surface area contributed by atoms with Gasteiger partial charge >= 0.3 is 0 Å². The van der Waals surface area contributed by atoms with Crippen LogP contribution in [0.2, 0.25) is 0 Å². The topological polar surface area (TPSA) is 54.9 Å². The van der Waals surface area contributed by atoms with Crippen molar-refractivity contribution in [1.29, 1.82) is 0 Å². The molecule has 0 saturated carbocycles. The Kier molecular flexibility index (Phi) is 4.69. The number of hydrogen-bond acceptors (Lipinski definition) is 4. The molecule has 2 aromatic heterocycles. The van der Waals surface area contributed by atoms with Crippen LogP contribution in [0.3, 0.4) is 0 Å². The summed E-state index contributed by atoms with van der Waals surface area (Å²) < 4.78 is 0. The number of benzene rings is 2. The number of thiazole rings is 1. The molecule has 0 fully saturated rings. The van der Waals surface area contributed by atoms with E-state index in [1.165, 1.54) is 16.9 Å². The van der Waals surface area contributed by atoms with Crippen LogP contribution in [0.15, 0.2) is 60.8 Å². The second-order valence-electron chi connectivity index (χ2n) is 6.41. The van der Waals surface area contributed by atoms with Crippen LogP contribution in [0, 0.1) is 6.92 Å². The number of anilines is 1. The molecular formula is C22H19N3OS. The van der Waals surface area contributed by atoms with Crippen molar-refractivity contribution in [2.24, 2.45) is 0 Å². The van der Waals surface area contributed by atoms with Crippen LogP contribution >= 0.6 is 11.3 Å². The first kappa shape index (κ1) is 17.4. The molecule has 27 heavy (non-hydrogen) atoms. The predicted molar refractivity (Wildman–Crippen MR) is 111 cm³/mol. The van der Waals surface area contributed by atoms with E-state index in [0.29, 0.717) is 5.56 Å². The first-order valence-electron chi connectivity index (χ1n) is 8.87. The fraction of sp³-hybridized carbons (Fsp3) is 0.136. The average Bonchev–Trinajstić information content (AvgIpc) is 3.11. The molecule has 4 rings (SSSR count). The van der Waals surface area contributed by atoms with Gasteiger partial charge in [0.15, 0.2) is 0 Å². The lowest BCUT2D eigenvalue weighted by atomic mass is 10.1. The van der Waals surface area contributed by atoms with E-state index >= 15 is 0 Å². The molecule has 1 amide bonds. The van der Waals surface area contributed by atoms with Crippen LogP contribution < -0.4 is 5.32 Å². The molecule has 0 aliphatic heterocycles. The van der Waals surface area contributed by atoms with Crippen molar-refractivity contribution in [2.45, 2.75) is 20.3 Å². The standard InChI is InChI=1S/C22H19N3OS/c1-3-15-12-19-22(23-13-15)27-21(25-19)17-9-4-5-10-18(17)24-20(26)16-8-6-7-14(2)11-16/h4-13H,3H2,1-2H3,(H,24,26). The van der Waals surface area contributed by atoms with Gasteiger partial charge < -0.3 is 5.32 Å². The third-order valence-electron chi connectivity index (χ3n) is 4.40. The summed E-state index contributed by atoms with van der Waals surface area (Å²) in [5.41, 5.74) is 5.41. The maximum Gasteiger partial charge on any atom is 0.255 e. The number of aromatic nitrogens is 2. The quantitative estimate of drug-likeness (QED) is 0.515. The van der Waals surface area contributed by atoms with E-state index in [1.54, 1.807) is 0 Å². The van der Waals surface area contributed by atoms with E-state index in [0.717, 1.165) is 38.6 Å². The van der Waals surface area contributed by atoms with Crippen molar-refractivity contribution in [3.8, 4) is 10.6 Å². The largest absolute Gasteiger partial charge is 0.321 e. The normalized spacial score (nSPS) is 10.9. The van der Waals surface area contributed by atoms with E-state index in [2.05, 4.69) is 23.3 Å². The Bertz CT molecular complexity index is 1130. The molecule has 2 aromatic carbocycles. The van der Waals surface area contributed by atoms with Gasteiger partial charge in [-0.1, -0.05) is 48.1 Å². The molecular weight excluding hydrogens is 354 g/mol. The molecule has 0 radical (unpaired) electrons. The Labute approximate surface area is 161 Å². The molecule has 4 nitrogen and oxygen atoms in total. The van der Waals surface area contributed by atoms with Gasteiger partial charge in [0.1, 0.15) is 15.4 Å². The summed E-state index contributed by atoms with van der Waals surface area (Å²) in [7, 11) is 0. The summed E-state index contributed by atoms with van der Waals surface area (Å²) in [4.78, 5) is 22.8. The number of fused-ring (bicyclic) bond motifs is 1. The number of para-hydroxylation sites is 1. The van der Waals surface area contributed by atoms with E-state index in [-0.39, 0.29) is 5.91 Å². The third-order valence-corrected chi connectivity index (χ3v) is 5.41. The monoisotopic (exact) mass is 373 g/mol. The molecule has 4 aromatic rings. The Morgan fingerprint density at radius 3 is 2.78 bits per heavy atom. The SMILES string of the molecule is CCc1cnc2sc(-c3ccccc3NC(=O)c3cccc(C)c3)nc2c1. The number of pyridine rings is 1. The maximum atomic E-state index is 12.7. The van der Waals surface area contributed by atoms with Crippen molar-refractivity contribution >= 4 is 33.3 Å². The molecule has 0 spiro atoms. The van der Waals surface area contributed by atoms with Crippen molar-refractivity contribution in [3.63, 3.8) is 0 Å². The highest BCUT2D eigenvalue weighted by molar-refractivity contribution is 7.21. The molecule has 5 heteroatoms. The van der Waals surface area contributed by atoms with Crippen LogP contribution in [0.1, 0.15) is 28.4 Å². The lowest BCUT2D eigenvalue weighted by Gasteiger charge is -2.09. The van der Waals surface area contributed by atoms with Crippen molar-refractivity contribution in [2.75, 3.05) is 5.32 Å². The van der Waals surface area contributed by atoms with Crippen LogP contribution in [-0.4, -0.2) is 15.9 Å². The van der Waals surface area contributed by atoms with Gasteiger partial charge in [-0.3, -0.25) is 4.79 Å². The van der Waals surface area contributed by atoms with E-state index in [9.17, 15) is 4.79 Å². The van der Waals surface area contributed by atoms with Crippen molar-refractivity contribution in [3.05, 3.63) is 77.5 Å². The van der Waals surface area contributed by atoms with Gasteiger partial charge in [0, 0.05) is 17.3 Å². The number of aryl methyl sites for hydroxylation is 2. The highest BCUT2D eigenvalue weighted by Gasteiger charge is 2.14. The number of amides is 1. The van der Waals surface area contributed by atoms with Gasteiger partial charge in [0.05, 0.1) is 5.69 Å². The van der Waals surface area contributed by atoms with Crippen LogP contribution in [0.25, 0.3) is 20.9 Å². The second kappa shape index (κ2) is 7.29. The maximum absolute atomic E-state index is 12.7. The second-order valence-corrected chi connectivity index (χ2v) is 7.39. The van der Waals surface area contributed by atoms with E-state index in [4.69, 9.17) is 4.98 Å². The smallest absolute Gasteiger partial charge is 0.255 e. The summed E-state index contributed by atoms with van der Waals surface area (Å²) in [6, 6.07) is 17.4. The summed E-state index contributed by atoms with van der Waals surface area (Å²) >= 11 is 1.54. The summed E-state index contributed by atoms with van der Waals surface area (Å²) in [5.74, 6) is -0.126. The van der Waals surface area contributed by atoms with Crippen LogP contribution in [0.5, 0.6) is 0 Å². The highest BCUT2D eigenvalue weighted by atomic mass is 32.1. The molecule has 0 aliphatic rings. The fourth-order valence-electron chi connectivity index (χ4n) is 2.93. The molecule has 0 atom stereocenters. The van der Waals surface area contributed by atoms with Crippen LogP contribution in [0.4, 0.5) is 5.69 Å². The van der Waals surface area contributed by atoms with E-state index in [1.807, 2.05) is 61.7 Å². The summed E-state index contributed by atoms with van der Waals surface area (Å²) in [6.45, 7) is 4.08. The Morgan fingerprint density at radius 1 is 1.11 bits per heavy atom. The molecule has 134 valence electrons. The number of nitrogens with zero attached hydrogens (tertiary/aromatic N) is 2. The minimum Gasteiger partial charge on any atom is -0.321 e. The van der Waals surface area contributed by atoms with E-state index < -0.39 is 0 Å². The van der Waals surface area contributed by atoms with Gasteiger partial charge in [0.25, 0.3) is 5.91 Å². The fourth-order valence-corrected chi connectivity index (χ4v) is 3.86. The van der Waals surface area contributed by atoms with Gasteiger partial charge in [-0.25, -0.2) is 9.97 Å². The molecule has 0 unspecified atom stereocenters. The third kappa shape index (κ3) is 3.59. The van der Waals surface area contributed by atoms with Crippen molar-refractivity contribution < 1.29 is 4.79 Å². The lowest BCUT2D eigenvalue weighted by Crippen LogP contribution is -2.12. The molecule has 0 saturated heterocycles. The Balaban J connectivity index is 1.70. The van der Waals surface area contributed by atoms with Gasteiger partial charge in [0.2, 0.25) is 0 Å². The lowest BCUT2D eigenvalue weighted by molar-refractivity contribution is 0.102. The summed E-state index contributed by atoms with van der Waals surface area (Å²) in [6.07, 6.45) is 2.83.